The Kier molecular flexibility index (Phi) is 4.46. The second kappa shape index (κ2) is 6.70. The van der Waals surface area contributed by atoms with Crippen molar-refractivity contribution in [1.29, 1.82) is 0 Å². The van der Waals surface area contributed by atoms with Gasteiger partial charge in [-0.25, -0.2) is 9.18 Å². The molecule has 0 radical (unpaired) electrons. The quantitative estimate of drug-likeness (QED) is 0.907. The van der Waals surface area contributed by atoms with E-state index in [4.69, 9.17) is 0 Å². The molecule has 24 heavy (non-hydrogen) atoms. The fraction of sp³-hybridized carbons (Fsp3) is 0.222. The van der Waals surface area contributed by atoms with Gasteiger partial charge in [0.05, 0.1) is 18.2 Å². The Bertz CT molecular complexity index is 778. The van der Waals surface area contributed by atoms with Crippen LogP contribution in [0.15, 0.2) is 48.5 Å². The molecule has 0 unspecified atom stereocenters. The van der Waals surface area contributed by atoms with Gasteiger partial charge in [0.1, 0.15) is 5.82 Å². The Morgan fingerprint density at radius 3 is 2.62 bits per heavy atom. The van der Waals surface area contributed by atoms with E-state index in [-0.39, 0.29) is 12.1 Å². The van der Waals surface area contributed by atoms with E-state index < -0.39 is 23.9 Å². The molecule has 0 spiro atoms. The number of nitrogens with one attached hydrogen (secondary N) is 1. The molecule has 2 N–H and O–H groups in total. The van der Waals surface area contributed by atoms with Crippen LogP contribution in [0.2, 0.25) is 0 Å². The van der Waals surface area contributed by atoms with Crippen LogP contribution in [0.5, 0.6) is 0 Å². The first-order valence-corrected chi connectivity index (χ1v) is 7.68. The highest BCUT2D eigenvalue weighted by Crippen LogP contribution is 2.32. The fourth-order valence-electron chi connectivity index (χ4n) is 3.03. The molecule has 0 fully saturated rings. The maximum Gasteiger partial charge on any atom is 0.322 e. The van der Waals surface area contributed by atoms with E-state index in [0.717, 1.165) is 11.1 Å². The Hall–Kier alpha value is -2.89. The number of hydrogen-bond donors (Lipinski definition) is 2. The summed E-state index contributed by atoms with van der Waals surface area (Å²) in [6, 6.07) is 12.3. The maximum atomic E-state index is 13.7. The molecule has 124 valence electrons. The smallest absolute Gasteiger partial charge is 0.322 e. The van der Waals surface area contributed by atoms with Crippen LogP contribution in [0.1, 0.15) is 23.6 Å². The normalized spacial score (nSPS) is 16.4. The van der Waals surface area contributed by atoms with Gasteiger partial charge in [-0.2, -0.15) is 0 Å². The van der Waals surface area contributed by atoms with Crippen molar-refractivity contribution in [2.45, 2.75) is 18.9 Å². The average Bonchev–Trinajstić information content (AvgIpc) is 2.56. The number of hydrogen-bond acceptors (Lipinski definition) is 2. The van der Waals surface area contributed by atoms with Crippen molar-refractivity contribution in [3.8, 4) is 0 Å². The molecular weight excluding hydrogens is 311 g/mol. The number of carboxylic acids is 1. The lowest BCUT2D eigenvalue weighted by atomic mass is 9.91. The average molecular weight is 328 g/mol. The predicted octanol–water partition coefficient (Wildman–Crippen LogP) is 3.43. The van der Waals surface area contributed by atoms with E-state index in [0.29, 0.717) is 13.0 Å². The minimum absolute atomic E-state index is 0.0791. The van der Waals surface area contributed by atoms with Crippen molar-refractivity contribution in [2.75, 3.05) is 11.9 Å². The third-order valence-corrected chi connectivity index (χ3v) is 4.16. The molecule has 1 aliphatic rings. The number of carbonyl (C=O) groups is 2. The second-order valence-electron chi connectivity index (χ2n) is 5.67. The molecule has 0 saturated carbocycles. The van der Waals surface area contributed by atoms with Gasteiger partial charge in [-0.3, -0.25) is 4.79 Å². The monoisotopic (exact) mass is 328 g/mol. The number of carbonyl (C=O) groups excluding carboxylic acids is 1. The second-order valence-corrected chi connectivity index (χ2v) is 5.67. The molecule has 0 bridgehead atoms. The summed E-state index contributed by atoms with van der Waals surface area (Å²) < 4.78 is 13.7. The molecule has 3 rings (SSSR count). The van der Waals surface area contributed by atoms with Crippen LogP contribution in [0, 0.1) is 5.82 Å². The lowest BCUT2D eigenvalue weighted by Gasteiger charge is -2.36. The van der Waals surface area contributed by atoms with Gasteiger partial charge in [0.25, 0.3) is 0 Å². The van der Waals surface area contributed by atoms with E-state index in [9.17, 15) is 19.1 Å². The first kappa shape index (κ1) is 16.0. The molecule has 2 aromatic rings. The Balaban J connectivity index is 1.87. The number of fused-ring (bicyclic) bond motifs is 1. The van der Waals surface area contributed by atoms with Crippen molar-refractivity contribution in [1.82, 2.24) is 4.90 Å². The van der Waals surface area contributed by atoms with Crippen LogP contribution in [0.25, 0.3) is 0 Å². The van der Waals surface area contributed by atoms with Crippen molar-refractivity contribution < 1.29 is 19.1 Å². The minimum Gasteiger partial charge on any atom is -0.481 e. The van der Waals surface area contributed by atoms with Crippen LogP contribution >= 0.6 is 0 Å². The summed E-state index contributed by atoms with van der Waals surface area (Å²) in [6.45, 7) is 0.384. The number of benzene rings is 2. The molecule has 1 atom stereocenters. The summed E-state index contributed by atoms with van der Waals surface area (Å²) in [5, 5.41) is 11.7. The Labute approximate surface area is 138 Å². The van der Waals surface area contributed by atoms with Gasteiger partial charge in [0.2, 0.25) is 0 Å². The van der Waals surface area contributed by atoms with E-state index >= 15 is 0 Å². The molecule has 6 heteroatoms. The van der Waals surface area contributed by atoms with Gasteiger partial charge in [-0.05, 0) is 29.7 Å². The zero-order valence-corrected chi connectivity index (χ0v) is 12.9. The van der Waals surface area contributed by atoms with Crippen molar-refractivity contribution in [2.24, 2.45) is 0 Å². The molecule has 2 aromatic carbocycles. The van der Waals surface area contributed by atoms with Gasteiger partial charge < -0.3 is 15.3 Å². The fourth-order valence-corrected chi connectivity index (χ4v) is 3.03. The summed E-state index contributed by atoms with van der Waals surface area (Å²) in [7, 11) is 0. The number of nitrogens with zero attached hydrogens (tertiary/aromatic N) is 1. The third-order valence-electron chi connectivity index (χ3n) is 4.16. The standard InChI is InChI=1S/C18H17FN2O3/c19-14-7-3-4-8-15(14)20-18(24)21-10-9-12-5-1-2-6-13(12)16(21)11-17(22)23/h1-8,16H,9-11H2,(H,20,24)(H,22,23)/t16-/m0/s1. The first-order valence-electron chi connectivity index (χ1n) is 7.68. The van der Waals surface area contributed by atoms with Crippen LogP contribution in [0.3, 0.4) is 0 Å². The first-order chi connectivity index (χ1) is 11.6. The van der Waals surface area contributed by atoms with E-state index in [1.807, 2.05) is 24.3 Å². The van der Waals surface area contributed by atoms with Gasteiger partial charge in [0.15, 0.2) is 0 Å². The zero-order valence-electron chi connectivity index (χ0n) is 12.9. The highest BCUT2D eigenvalue weighted by atomic mass is 19.1. The lowest BCUT2D eigenvalue weighted by molar-refractivity contribution is -0.138. The number of para-hydroxylation sites is 1. The van der Waals surface area contributed by atoms with Gasteiger partial charge in [-0.15, -0.1) is 0 Å². The van der Waals surface area contributed by atoms with Gasteiger partial charge in [0, 0.05) is 6.54 Å². The summed E-state index contributed by atoms with van der Waals surface area (Å²) in [5.41, 5.74) is 1.95. The van der Waals surface area contributed by atoms with Crippen LogP contribution < -0.4 is 5.32 Å². The summed E-state index contributed by atoms with van der Waals surface area (Å²) in [4.78, 5) is 25.3. The number of urea groups is 1. The Morgan fingerprint density at radius 2 is 1.88 bits per heavy atom. The number of halogens is 1. The predicted molar refractivity (Wildman–Crippen MR) is 87.3 cm³/mol. The van der Waals surface area contributed by atoms with Crippen molar-refractivity contribution in [3.63, 3.8) is 0 Å². The molecule has 1 aliphatic heterocycles. The summed E-state index contributed by atoms with van der Waals surface area (Å²) in [5.74, 6) is -1.52. The molecule has 0 aromatic heterocycles. The highest BCUT2D eigenvalue weighted by molar-refractivity contribution is 5.90. The Morgan fingerprint density at radius 1 is 1.17 bits per heavy atom. The number of carboxylic acid groups (broad SMARTS) is 1. The van der Waals surface area contributed by atoms with Gasteiger partial charge in [-0.1, -0.05) is 36.4 Å². The molecule has 0 aliphatic carbocycles. The van der Waals surface area contributed by atoms with Crippen LogP contribution in [-0.2, 0) is 11.2 Å². The highest BCUT2D eigenvalue weighted by Gasteiger charge is 2.32. The number of aliphatic carboxylic acids is 1. The summed E-state index contributed by atoms with van der Waals surface area (Å²) in [6.07, 6.45) is 0.443. The van der Waals surface area contributed by atoms with Crippen LogP contribution in [-0.4, -0.2) is 28.6 Å². The van der Waals surface area contributed by atoms with E-state index in [2.05, 4.69) is 5.32 Å². The number of rotatable bonds is 3. The number of anilines is 1. The molecule has 0 saturated heterocycles. The van der Waals surface area contributed by atoms with Crippen molar-refractivity contribution in [3.05, 3.63) is 65.5 Å². The SMILES string of the molecule is O=C(O)C[C@H]1c2ccccc2CCN1C(=O)Nc1ccccc1F. The minimum atomic E-state index is -0.986. The molecule has 5 nitrogen and oxygen atoms in total. The van der Waals surface area contributed by atoms with Crippen LogP contribution in [0.4, 0.5) is 14.9 Å². The topological polar surface area (TPSA) is 69.6 Å². The van der Waals surface area contributed by atoms with E-state index in [1.54, 1.807) is 6.07 Å². The van der Waals surface area contributed by atoms with Crippen molar-refractivity contribution >= 4 is 17.7 Å². The molecule has 1 heterocycles. The molecular formula is C18H17FN2O3. The maximum absolute atomic E-state index is 13.7. The van der Waals surface area contributed by atoms with E-state index in [1.165, 1.54) is 23.1 Å². The lowest BCUT2D eigenvalue weighted by Crippen LogP contribution is -2.43. The third kappa shape index (κ3) is 3.22. The van der Waals surface area contributed by atoms with Gasteiger partial charge >= 0.3 is 12.0 Å². The number of amides is 2. The summed E-state index contributed by atoms with van der Waals surface area (Å²) >= 11 is 0. The zero-order chi connectivity index (χ0) is 17.1. The largest absolute Gasteiger partial charge is 0.481 e. The molecule has 2 amide bonds.